The van der Waals surface area contributed by atoms with Crippen LogP contribution >= 0.6 is 0 Å². The third-order valence-electron chi connectivity index (χ3n) is 3.90. The second-order valence-corrected chi connectivity index (χ2v) is 5.60. The molecule has 4 nitrogen and oxygen atoms in total. The molecule has 0 aliphatic carbocycles. The van der Waals surface area contributed by atoms with E-state index >= 15 is 0 Å². The third kappa shape index (κ3) is 3.95. The first kappa shape index (κ1) is 15.3. The molecule has 1 aromatic rings. The Morgan fingerprint density at radius 3 is 2.95 bits per heavy atom. The summed E-state index contributed by atoms with van der Waals surface area (Å²) in [7, 11) is 4.09. The van der Waals surface area contributed by atoms with Crippen LogP contribution in [-0.2, 0) is 4.74 Å². The first-order valence-corrected chi connectivity index (χ1v) is 7.31. The zero-order chi connectivity index (χ0) is 14.5. The summed E-state index contributed by atoms with van der Waals surface area (Å²) >= 11 is 0. The molecule has 1 heterocycles. The van der Waals surface area contributed by atoms with Crippen LogP contribution in [0.1, 0.15) is 24.1 Å². The fraction of sp³-hybridized carbons (Fsp3) is 0.625. The van der Waals surface area contributed by atoms with Crippen molar-refractivity contribution in [2.24, 2.45) is 0 Å². The minimum absolute atomic E-state index is 0.170. The Bertz CT molecular complexity index is 436. The molecule has 0 radical (unpaired) electrons. The highest BCUT2D eigenvalue weighted by molar-refractivity contribution is 5.37. The fourth-order valence-corrected chi connectivity index (χ4v) is 2.42. The van der Waals surface area contributed by atoms with Crippen LogP contribution in [0.4, 0.5) is 0 Å². The monoisotopic (exact) mass is 278 g/mol. The molecule has 1 aliphatic rings. The molecule has 0 amide bonds. The van der Waals surface area contributed by atoms with Crippen molar-refractivity contribution in [3.05, 3.63) is 29.3 Å². The summed E-state index contributed by atoms with van der Waals surface area (Å²) in [6.07, 6.45) is 0.170. The van der Waals surface area contributed by atoms with Gasteiger partial charge in [0.1, 0.15) is 18.5 Å². The Morgan fingerprint density at radius 1 is 1.50 bits per heavy atom. The lowest BCUT2D eigenvalue weighted by molar-refractivity contribution is -0.0404. The van der Waals surface area contributed by atoms with Gasteiger partial charge in [0, 0.05) is 19.1 Å². The number of nitrogens with one attached hydrogen (secondary N) is 1. The summed E-state index contributed by atoms with van der Waals surface area (Å²) < 4.78 is 11.6. The molecule has 0 spiro atoms. The number of rotatable bonds is 5. The first-order valence-electron chi connectivity index (χ1n) is 7.31. The van der Waals surface area contributed by atoms with E-state index in [0.717, 1.165) is 25.4 Å². The maximum Gasteiger partial charge on any atom is 0.122 e. The van der Waals surface area contributed by atoms with Gasteiger partial charge in [0.15, 0.2) is 0 Å². The minimum atomic E-state index is 0.170. The van der Waals surface area contributed by atoms with Crippen LogP contribution < -0.4 is 10.1 Å². The molecule has 1 aromatic carbocycles. The molecular formula is C16H26N2O2. The van der Waals surface area contributed by atoms with Crippen molar-refractivity contribution in [1.29, 1.82) is 0 Å². The quantitative estimate of drug-likeness (QED) is 0.893. The van der Waals surface area contributed by atoms with E-state index < -0.39 is 0 Å². The van der Waals surface area contributed by atoms with Gasteiger partial charge in [0.05, 0.1) is 6.61 Å². The van der Waals surface area contributed by atoms with Crippen LogP contribution in [0.5, 0.6) is 5.75 Å². The average Bonchev–Trinajstić information content (AvgIpc) is 2.45. The molecule has 4 heteroatoms. The Balaban J connectivity index is 1.92. The van der Waals surface area contributed by atoms with E-state index in [1.807, 2.05) is 7.05 Å². The average molecular weight is 278 g/mol. The SMILES string of the molecule is CNC(C)c1ccc(OCC2CN(C)CCO2)c(C)c1. The van der Waals surface area contributed by atoms with Gasteiger partial charge in [-0.3, -0.25) is 0 Å². The lowest BCUT2D eigenvalue weighted by Gasteiger charge is -2.30. The number of hydrogen-bond acceptors (Lipinski definition) is 4. The molecule has 1 aliphatic heterocycles. The first-order chi connectivity index (χ1) is 9.60. The van der Waals surface area contributed by atoms with Crippen LogP contribution in [0, 0.1) is 6.92 Å². The van der Waals surface area contributed by atoms with Gasteiger partial charge in [-0.25, -0.2) is 0 Å². The van der Waals surface area contributed by atoms with Gasteiger partial charge in [0.25, 0.3) is 0 Å². The Kier molecular flexibility index (Phi) is 5.40. The van der Waals surface area contributed by atoms with Gasteiger partial charge in [0.2, 0.25) is 0 Å². The van der Waals surface area contributed by atoms with Crippen LogP contribution in [0.15, 0.2) is 18.2 Å². The lowest BCUT2D eigenvalue weighted by atomic mass is 10.1. The molecule has 2 unspecified atom stereocenters. The van der Waals surface area contributed by atoms with Crippen molar-refractivity contribution in [2.45, 2.75) is 26.0 Å². The van der Waals surface area contributed by atoms with E-state index in [-0.39, 0.29) is 6.10 Å². The van der Waals surface area contributed by atoms with Crippen molar-refractivity contribution in [3.8, 4) is 5.75 Å². The number of morpholine rings is 1. The molecule has 1 N–H and O–H groups in total. The highest BCUT2D eigenvalue weighted by atomic mass is 16.5. The lowest BCUT2D eigenvalue weighted by Crippen LogP contribution is -2.42. The molecule has 0 aromatic heterocycles. The summed E-state index contributed by atoms with van der Waals surface area (Å²) in [5.41, 5.74) is 2.46. The second kappa shape index (κ2) is 7.07. The van der Waals surface area contributed by atoms with E-state index in [0.29, 0.717) is 12.6 Å². The van der Waals surface area contributed by atoms with Gasteiger partial charge in [-0.1, -0.05) is 12.1 Å². The molecule has 1 fully saturated rings. The van der Waals surface area contributed by atoms with Crippen LogP contribution in [0.25, 0.3) is 0 Å². The Labute approximate surface area is 122 Å². The molecule has 20 heavy (non-hydrogen) atoms. The van der Waals surface area contributed by atoms with Crippen LogP contribution in [-0.4, -0.2) is 51.4 Å². The third-order valence-corrected chi connectivity index (χ3v) is 3.90. The molecular weight excluding hydrogens is 252 g/mol. The summed E-state index contributed by atoms with van der Waals surface area (Å²) in [5, 5.41) is 3.25. The number of hydrogen-bond donors (Lipinski definition) is 1. The van der Waals surface area contributed by atoms with Gasteiger partial charge in [-0.2, -0.15) is 0 Å². The zero-order valence-electron chi connectivity index (χ0n) is 13.0. The predicted octanol–water partition coefficient (Wildman–Crippen LogP) is 1.98. The number of ether oxygens (including phenoxy) is 2. The fourth-order valence-electron chi connectivity index (χ4n) is 2.42. The summed E-state index contributed by atoms with van der Waals surface area (Å²) in [4.78, 5) is 2.28. The predicted molar refractivity (Wildman–Crippen MR) is 81.4 cm³/mol. The van der Waals surface area contributed by atoms with Gasteiger partial charge >= 0.3 is 0 Å². The molecule has 2 rings (SSSR count). The van der Waals surface area contributed by atoms with E-state index in [9.17, 15) is 0 Å². The minimum Gasteiger partial charge on any atom is -0.491 e. The molecule has 1 saturated heterocycles. The highest BCUT2D eigenvalue weighted by Crippen LogP contribution is 2.23. The van der Waals surface area contributed by atoms with Gasteiger partial charge < -0.3 is 19.7 Å². The summed E-state index contributed by atoms with van der Waals surface area (Å²) in [6, 6.07) is 6.73. The number of nitrogens with zero attached hydrogens (tertiary/aromatic N) is 1. The molecule has 0 saturated carbocycles. The zero-order valence-corrected chi connectivity index (χ0v) is 13.0. The van der Waals surface area contributed by atoms with Crippen molar-refractivity contribution >= 4 is 0 Å². The largest absolute Gasteiger partial charge is 0.491 e. The molecule has 112 valence electrons. The maximum absolute atomic E-state index is 5.92. The number of likely N-dealkylation sites (N-methyl/N-ethyl adjacent to an activating group) is 1. The van der Waals surface area contributed by atoms with E-state index in [1.165, 1.54) is 11.1 Å². The smallest absolute Gasteiger partial charge is 0.122 e. The van der Waals surface area contributed by atoms with Crippen LogP contribution in [0.2, 0.25) is 0 Å². The Hall–Kier alpha value is -1.10. The number of benzene rings is 1. The van der Waals surface area contributed by atoms with Crippen molar-refractivity contribution in [1.82, 2.24) is 10.2 Å². The summed E-state index contributed by atoms with van der Waals surface area (Å²) in [5.74, 6) is 0.953. The topological polar surface area (TPSA) is 33.7 Å². The standard InChI is InChI=1S/C16H26N2O2/c1-12-9-14(13(2)17-3)5-6-16(12)20-11-15-10-18(4)7-8-19-15/h5-6,9,13,15,17H,7-8,10-11H2,1-4H3. The molecule has 2 atom stereocenters. The van der Waals surface area contributed by atoms with Crippen molar-refractivity contribution < 1.29 is 9.47 Å². The second-order valence-electron chi connectivity index (χ2n) is 5.60. The maximum atomic E-state index is 5.92. The number of aryl methyl sites for hydroxylation is 1. The Morgan fingerprint density at radius 2 is 2.30 bits per heavy atom. The van der Waals surface area contributed by atoms with Crippen LogP contribution in [0.3, 0.4) is 0 Å². The van der Waals surface area contributed by atoms with Crippen molar-refractivity contribution in [2.75, 3.05) is 40.4 Å². The van der Waals surface area contributed by atoms with Gasteiger partial charge in [-0.15, -0.1) is 0 Å². The normalized spacial score (nSPS) is 21.7. The summed E-state index contributed by atoms with van der Waals surface area (Å²) in [6.45, 7) is 7.60. The van der Waals surface area contributed by atoms with E-state index in [2.05, 4.69) is 49.3 Å². The van der Waals surface area contributed by atoms with E-state index in [1.54, 1.807) is 0 Å². The molecule has 0 bridgehead atoms. The van der Waals surface area contributed by atoms with E-state index in [4.69, 9.17) is 9.47 Å². The van der Waals surface area contributed by atoms with Gasteiger partial charge in [-0.05, 0) is 45.1 Å². The van der Waals surface area contributed by atoms with Crippen molar-refractivity contribution in [3.63, 3.8) is 0 Å². The highest BCUT2D eigenvalue weighted by Gasteiger charge is 2.18.